The Morgan fingerprint density at radius 3 is 1.76 bits per heavy atom. The maximum absolute atomic E-state index is 2.37. The summed E-state index contributed by atoms with van der Waals surface area (Å²) in [5.74, 6) is 0. The molecule has 0 heterocycles. The van der Waals surface area contributed by atoms with Crippen LogP contribution >= 0.6 is 0 Å². The van der Waals surface area contributed by atoms with Crippen molar-refractivity contribution in [1.29, 1.82) is 0 Å². The monoisotopic (exact) mass is 282 g/mol. The van der Waals surface area contributed by atoms with E-state index >= 15 is 0 Å². The van der Waals surface area contributed by atoms with Crippen molar-refractivity contribution in [2.24, 2.45) is 0 Å². The highest BCUT2D eigenvalue weighted by molar-refractivity contribution is 5.47. The zero-order chi connectivity index (χ0) is 15.1. The van der Waals surface area contributed by atoms with Crippen molar-refractivity contribution < 1.29 is 0 Å². The molecule has 2 rings (SSSR count). The van der Waals surface area contributed by atoms with Gasteiger partial charge >= 0.3 is 0 Å². The Morgan fingerprint density at radius 2 is 1.24 bits per heavy atom. The summed E-state index contributed by atoms with van der Waals surface area (Å²) in [4.78, 5) is 4.72. The van der Waals surface area contributed by atoms with E-state index < -0.39 is 0 Å². The van der Waals surface area contributed by atoms with Crippen LogP contribution in [0.15, 0.2) is 54.6 Å². The molecule has 0 unspecified atom stereocenters. The van der Waals surface area contributed by atoms with E-state index in [9.17, 15) is 0 Å². The summed E-state index contributed by atoms with van der Waals surface area (Å²) in [6, 6.07) is 19.6. The van der Waals surface area contributed by atoms with E-state index in [-0.39, 0.29) is 0 Å². The highest BCUT2D eigenvalue weighted by atomic mass is 15.1. The number of anilines is 1. The van der Waals surface area contributed by atoms with Gasteiger partial charge in [-0.1, -0.05) is 42.5 Å². The van der Waals surface area contributed by atoms with Crippen LogP contribution < -0.4 is 4.90 Å². The molecule has 2 heteroatoms. The highest BCUT2D eigenvalue weighted by Gasteiger charge is 2.04. The molecule has 0 bridgehead atoms. The Hall–Kier alpha value is -1.80. The fourth-order valence-electron chi connectivity index (χ4n) is 2.66. The summed E-state index contributed by atoms with van der Waals surface area (Å²) in [7, 11) is 2.17. The molecular weight excluding hydrogens is 256 g/mol. The van der Waals surface area contributed by atoms with Gasteiger partial charge in [-0.25, -0.2) is 0 Å². The molecule has 21 heavy (non-hydrogen) atoms. The lowest BCUT2D eigenvalue weighted by Crippen LogP contribution is -2.22. The molecule has 0 atom stereocenters. The van der Waals surface area contributed by atoms with Crippen LogP contribution in [-0.4, -0.2) is 25.0 Å². The van der Waals surface area contributed by atoms with Gasteiger partial charge in [-0.3, -0.25) is 4.90 Å². The first-order chi connectivity index (χ1) is 10.2. The smallest absolute Gasteiger partial charge is 0.0366 e. The number of hydrogen-bond donors (Lipinski definition) is 0. The van der Waals surface area contributed by atoms with Crippen molar-refractivity contribution in [2.45, 2.75) is 26.9 Å². The lowest BCUT2D eigenvalue weighted by molar-refractivity contribution is 0.319. The molecule has 2 nitrogen and oxygen atoms in total. The van der Waals surface area contributed by atoms with Gasteiger partial charge in [-0.15, -0.1) is 0 Å². The molecule has 2 aromatic rings. The third-order valence-corrected chi connectivity index (χ3v) is 3.81. The average molecular weight is 282 g/mol. The van der Waals surface area contributed by atoms with Gasteiger partial charge in [-0.2, -0.15) is 0 Å². The first-order valence-corrected chi connectivity index (χ1v) is 7.79. The maximum Gasteiger partial charge on any atom is 0.0366 e. The van der Waals surface area contributed by atoms with Gasteiger partial charge in [0.25, 0.3) is 0 Å². The van der Waals surface area contributed by atoms with Crippen LogP contribution in [0.4, 0.5) is 5.69 Å². The van der Waals surface area contributed by atoms with Gasteiger partial charge in [0, 0.05) is 31.9 Å². The molecule has 0 aliphatic rings. The van der Waals surface area contributed by atoms with Crippen LogP contribution in [0.25, 0.3) is 0 Å². The molecule has 112 valence electrons. The SMILES string of the molecule is CCN(CC)c1ccc(CN(C)Cc2ccccc2)cc1. The fraction of sp³-hybridized carbons (Fsp3) is 0.368. The predicted octanol–water partition coefficient (Wildman–Crippen LogP) is 4.16. The largest absolute Gasteiger partial charge is 0.372 e. The molecule has 0 saturated carbocycles. The van der Waals surface area contributed by atoms with Gasteiger partial charge in [-0.05, 0) is 44.2 Å². The van der Waals surface area contributed by atoms with E-state index in [0.29, 0.717) is 0 Å². The van der Waals surface area contributed by atoms with E-state index in [1.807, 2.05) is 0 Å². The molecule has 0 aliphatic heterocycles. The number of benzene rings is 2. The minimum absolute atomic E-state index is 0.980. The summed E-state index contributed by atoms with van der Waals surface area (Å²) in [5, 5.41) is 0. The molecule has 2 aromatic carbocycles. The second-order valence-corrected chi connectivity index (χ2v) is 5.50. The van der Waals surface area contributed by atoms with E-state index in [1.54, 1.807) is 0 Å². The molecule has 0 aliphatic carbocycles. The van der Waals surface area contributed by atoms with Crippen LogP contribution in [0.3, 0.4) is 0 Å². The second kappa shape index (κ2) is 7.84. The summed E-state index contributed by atoms with van der Waals surface area (Å²) < 4.78 is 0. The minimum atomic E-state index is 0.980. The third-order valence-electron chi connectivity index (χ3n) is 3.81. The molecule has 0 saturated heterocycles. The van der Waals surface area contributed by atoms with E-state index in [1.165, 1.54) is 16.8 Å². The number of nitrogens with zero attached hydrogens (tertiary/aromatic N) is 2. The Morgan fingerprint density at radius 1 is 0.714 bits per heavy atom. The average Bonchev–Trinajstić information content (AvgIpc) is 2.51. The number of rotatable bonds is 7. The molecule has 0 fully saturated rings. The van der Waals surface area contributed by atoms with E-state index in [2.05, 4.69) is 85.3 Å². The van der Waals surface area contributed by atoms with Crippen molar-refractivity contribution in [3.8, 4) is 0 Å². The molecule has 0 radical (unpaired) electrons. The minimum Gasteiger partial charge on any atom is -0.372 e. The van der Waals surface area contributed by atoms with Crippen molar-refractivity contribution in [2.75, 3.05) is 25.0 Å². The Labute approximate surface area is 129 Å². The quantitative estimate of drug-likeness (QED) is 0.752. The topological polar surface area (TPSA) is 6.48 Å². The fourth-order valence-corrected chi connectivity index (χ4v) is 2.66. The summed E-state index contributed by atoms with van der Waals surface area (Å²) in [6.07, 6.45) is 0. The summed E-state index contributed by atoms with van der Waals surface area (Å²) >= 11 is 0. The van der Waals surface area contributed by atoms with Gasteiger partial charge in [0.1, 0.15) is 0 Å². The van der Waals surface area contributed by atoms with Crippen LogP contribution in [0.2, 0.25) is 0 Å². The van der Waals surface area contributed by atoms with Crippen molar-refractivity contribution in [3.05, 3.63) is 65.7 Å². The van der Waals surface area contributed by atoms with Crippen LogP contribution in [0, 0.1) is 0 Å². The lowest BCUT2D eigenvalue weighted by atomic mass is 10.1. The van der Waals surface area contributed by atoms with Crippen LogP contribution in [0.5, 0.6) is 0 Å². The van der Waals surface area contributed by atoms with Crippen molar-refractivity contribution in [3.63, 3.8) is 0 Å². The first-order valence-electron chi connectivity index (χ1n) is 7.79. The van der Waals surface area contributed by atoms with Gasteiger partial charge in [0.2, 0.25) is 0 Å². The molecule has 0 spiro atoms. The van der Waals surface area contributed by atoms with Gasteiger partial charge in [0.05, 0.1) is 0 Å². The van der Waals surface area contributed by atoms with Crippen molar-refractivity contribution in [1.82, 2.24) is 4.90 Å². The zero-order valence-electron chi connectivity index (χ0n) is 13.4. The second-order valence-electron chi connectivity index (χ2n) is 5.50. The first kappa shape index (κ1) is 15.6. The summed E-state index contributed by atoms with van der Waals surface area (Å²) in [5.41, 5.74) is 4.04. The maximum atomic E-state index is 2.37. The zero-order valence-corrected chi connectivity index (χ0v) is 13.4. The lowest BCUT2D eigenvalue weighted by Gasteiger charge is -2.22. The number of hydrogen-bond acceptors (Lipinski definition) is 2. The molecule has 0 aromatic heterocycles. The van der Waals surface area contributed by atoms with Crippen LogP contribution in [-0.2, 0) is 13.1 Å². The van der Waals surface area contributed by atoms with Gasteiger partial charge < -0.3 is 4.90 Å². The molecular formula is C19H26N2. The van der Waals surface area contributed by atoms with Crippen LogP contribution in [0.1, 0.15) is 25.0 Å². The third kappa shape index (κ3) is 4.61. The Kier molecular flexibility index (Phi) is 5.82. The molecule has 0 amide bonds. The molecule has 0 N–H and O–H groups in total. The van der Waals surface area contributed by atoms with E-state index in [4.69, 9.17) is 0 Å². The predicted molar refractivity (Wildman–Crippen MR) is 91.6 cm³/mol. The standard InChI is InChI=1S/C19H26N2/c1-4-21(5-2)19-13-11-18(12-14-19)16-20(3)15-17-9-7-6-8-10-17/h6-14H,4-5,15-16H2,1-3H3. The highest BCUT2D eigenvalue weighted by Crippen LogP contribution is 2.16. The van der Waals surface area contributed by atoms with E-state index in [0.717, 1.165) is 26.2 Å². The van der Waals surface area contributed by atoms with Crippen molar-refractivity contribution >= 4 is 5.69 Å². The normalized spacial score (nSPS) is 10.9. The Bertz CT molecular complexity index is 515. The summed E-state index contributed by atoms with van der Waals surface area (Å²) in [6.45, 7) is 8.48. The van der Waals surface area contributed by atoms with Gasteiger partial charge in [0.15, 0.2) is 0 Å². The Balaban J connectivity index is 1.93.